The Morgan fingerprint density at radius 3 is 2.62 bits per heavy atom. The van der Waals surface area contributed by atoms with Gasteiger partial charge in [0.05, 0.1) is 0 Å². The largest absolute Gasteiger partial charge is 0.303 e. The summed E-state index contributed by atoms with van der Waals surface area (Å²) in [6, 6.07) is 10.9. The molecule has 0 radical (unpaired) electrons. The van der Waals surface area contributed by atoms with E-state index in [0.717, 1.165) is 5.69 Å². The van der Waals surface area contributed by atoms with Gasteiger partial charge in [0, 0.05) is 17.8 Å². The molecule has 1 heterocycles. The zero-order valence-corrected chi connectivity index (χ0v) is 12.8. The van der Waals surface area contributed by atoms with Gasteiger partial charge in [0.15, 0.2) is 10.8 Å². The van der Waals surface area contributed by atoms with Gasteiger partial charge in [0.1, 0.15) is 0 Å². The van der Waals surface area contributed by atoms with Crippen molar-refractivity contribution < 1.29 is 4.79 Å². The number of aromatic nitrogens is 2. The van der Waals surface area contributed by atoms with E-state index in [2.05, 4.69) is 10.2 Å². The molecular weight excluding hydrogens is 309 g/mol. The van der Waals surface area contributed by atoms with E-state index in [1.54, 1.807) is 24.0 Å². The number of carbonyl (C=O) groups is 1. The first kappa shape index (κ1) is 15.5. The van der Waals surface area contributed by atoms with Crippen LogP contribution in [0.2, 0.25) is 5.15 Å². The molecule has 0 aliphatic carbocycles. The van der Waals surface area contributed by atoms with Crippen molar-refractivity contribution in [2.75, 3.05) is 11.4 Å². The molecule has 1 amide bonds. The Labute approximate surface area is 133 Å². The van der Waals surface area contributed by atoms with E-state index in [0.29, 0.717) is 17.3 Å². The summed E-state index contributed by atoms with van der Waals surface area (Å²) < 4.78 is 0. The molecule has 0 aliphatic rings. The van der Waals surface area contributed by atoms with Crippen LogP contribution in [-0.2, 0) is 0 Å². The molecule has 6 heteroatoms. The highest BCUT2D eigenvalue weighted by atomic mass is 35.5. The number of anilines is 1. The van der Waals surface area contributed by atoms with Crippen molar-refractivity contribution in [2.24, 2.45) is 0 Å². The summed E-state index contributed by atoms with van der Waals surface area (Å²) in [6.07, 6.45) is 1.68. The number of halogens is 2. The Kier molecular flexibility index (Phi) is 5.31. The summed E-state index contributed by atoms with van der Waals surface area (Å²) in [6.45, 7) is 2.12. The molecule has 0 bridgehead atoms. The third-order valence-electron chi connectivity index (χ3n) is 2.83. The highest BCUT2D eigenvalue weighted by molar-refractivity contribution is 6.30. The molecule has 2 aromatic rings. The third-order valence-corrected chi connectivity index (χ3v) is 3.39. The summed E-state index contributed by atoms with van der Waals surface area (Å²) in [5, 5.41) is 7.93. The third kappa shape index (κ3) is 3.80. The van der Waals surface area contributed by atoms with E-state index >= 15 is 0 Å². The van der Waals surface area contributed by atoms with Gasteiger partial charge in [0.25, 0.3) is 5.91 Å². The second-order valence-corrected chi connectivity index (χ2v) is 4.93. The van der Waals surface area contributed by atoms with Gasteiger partial charge in [-0.15, -0.1) is 10.2 Å². The Morgan fingerprint density at radius 2 is 2.00 bits per heavy atom. The maximum absolute atomic E-state index is 12.6. The van der Waals surface area contributed by atoms with E-state index < -0.39 is 0 Å². The van der Waals surface area contributed by atoms with Crippen molar-refractivity contribution >= 4 is 34.8 Å². The molecule has 0 unspecified atom stereocenters. The smallest absolute Gasteiger partial charge is 0.279 e. The standard InChI is InChI=1S/C15H13Cl2N3O/c1-11-10-13(18-19-14(11)17)15(21)20(9-5-8-16)12-6-3-2-4-7-12/h2-8,10H,9H2,1H3. The zero-order chi connectivity index (χ0) is 15.2. The first-order valence-corrected chi connectivity index (χ1v) is 7.07. The summed E-state index contributed by atoms with van der Waals surface area (Å²) in [4.78, 5) is 14.2. The fourth-order valence-corrected chi connectivity index (χ4v) is 1.94. The second kappa shape index (κ2) is 7.20. The lowest BCUT2D eigenvalue weighted by molar-refractivity contribution is 0.0984. The maximum Gasteiger partial charge on any atom is 0.279 e. The molecule has 2 rings (SSSR count). The van der Waals surface area contributed by atoms with E-state index in [4.69, 9.17) is 23.2 Å². The highest BCUT2D eigenvalue weighted by Crippen LogP contribution is 2.18. The molecule has 1 aromatic heterocycles. The van der Waals surface area contributed by atoms with Crippen LogP contribution in [0.5, 0.6) is 0 Å². The molecule has 0 atom stereocenters. The van der Waals surface area contributed by atoms with Crippen LogP contribution in [0.3, 0.4) is 0 Å². The van der Waals surface area contributed by atoms with Crippen molar-refractivity contribution in [3.05, 3.63) is 64.4 Å². The van der Waals surface area contributed by atoms with Crippen LogP contribution in [0.4, 0.5) is 5.69 Å². The van der Waals surface area contributed by atoms with Crippen molar-refractivity contribution in [1.82, 2.24) is 10.2 Å². The van der Waals surface area contributed by atoms with Gasteiger partial charge in [0.2, 0.25) is 0 Å². The fraction of sp³-hybridized carbons (Fsp3) is 0.133. The summed E-state index contributed by atoms with van der Waals surface area (Å²) in [5.74, 6) is -0.261. The number of nitrogens with zero attached hydrogens (tertiary/aromatic N) is 3. The quantitative estimate of drug-likeness (QED) is 0.859. The molecule has 0 fully saturated rings. The van der Waals surface area contributed by atoms with Crippen LogP contribution in [0.1, 0.15) is 16.1 Å². The first-order valence-electron chi connectivity index (χ1n) is 6.25. The zero-order valence-electron chi connectivity index (χ0n) is 11.3. The van der Waals surface area contributed by atoms with Crippen molar-refractivity contribution in [3.63, 3.8) is 0 Å². The molecule has 108 valence electrons. The SMILES string of the molecule is Cc1cc(C(=O)N(CC=CCl)c2ccccc2)nnc1Cl. The van der Waals surface area contributed by atoms with Gasteiger partial charge in [-0.2, -0.15) is 0 Å². The minimum absolute atomic E-state index is 0.240. The number of hydrogen-bond acceptors (Lipinski definition) is 3. The van der Waals surface area contributed by atoms with Crippen molar-refractivity contribution in [3.8, 4) is 0 Å². The second-order valence-electron chi connectivity index (χ2n) is 4.32. The Balaban J connectivity index is 2.36. The van der Waals surface area contributed by atoms with Crippen molar-refractivity contribution in [2.45, 2.75) is 6.92 Å². The van der Waals surface area contributed by atoms with Gasteiger partial charge in [-0.3, -0.25) is 4.79 Å². The van der Waals surface area contributed by atoms with Crippen LogP contribution in [0.15, 0.2) is 48.0 Å². The molecular formula is C15H13Cl2N3O. The van der Waals surface area contributed by atoms with E-state index in [-0.39, 0.29) is 11.6 Å². The summed E-state index contributed by atoms with van der Waals surface area (Å²) in [7, 11) is 0. The van der Waals surface area contributed by atoms with Gasteiger partial charge in [-0.25, -0.2) is 0 Å². The lowest BCUT2D eigenvalue weighted by Crippen LogP contribution is -2.32. The lowest BCUT2D eigenvalue weighted by Gasteiger charge is -2.20. The minimum atomic E-state index is -0.261. The summed E-state index contributed by atoms with van der Waals surface area (Å²) >= 11 is 11.4. The highest BCUT2D eigenvalue weighted by Gasteiger charge is 2.19. The predicted octanol–water partition coefficient (Wildman–Crippen LogP) is 3.84. The average molecular weight is 322 g/mol. The maximum atomic E-state index is 12.6. The van der Waals surface area contributed by atoms with E-state index in [1.807, 2.05) is 30.3 Å². The molecule has 1 aromatic carbocycles. The first-order chi connectivity index (χ1) is 10.1. The van der Waals surface area contributed by atoms with Crippen LogP contribution >= 0.6 is 23.2 Å². The number of para-hydroxylation sites is 1. The van der Waals surface area contributed by atoms with Gasteiger partial charge in [-0.1, -0.05) is 47.5 Å². The van der Waals surface area contributed by atoms with Crippen LogP contribution in [-0.4, -0.2) is 22.6 Å². The topological polar surface area (TPSA) is 46.1 Å². The van der Waals surface area contributed by atoms with Gasteiger partial charge < -0.3 is 4.90 Å². The Hall–Kier alpha value is -1.91. The van der Waals surface area contributed by atoms with Gasteiger partial charge >= 0.3 is 0 Å². The normalized spacial score (nSPS) is 10.8. The van der Waals surface area contributed by atoms with Crippen molar-refractivity contribution in [1.29, 1.82) is 0 Å². The number of benzene rings is 1. The average Bonchev–Trinajstić information content (AvgIpc) is 2.51. The molecule has 0 saturated carbocycles. The number of amides is 1. The number of carbonyl (C=O) groups excluding carboxylic acids is 1. The van der Waals surface area contributed by atoms with E-state index in [1.165, 1.54) is 5.54 Å². The Bertz CT molecular complexity index is 659. The van der Waals surface area contributed by atoms with Crippen LogP contribution in [0, 0.1) is 6.92 Å². The Morgan fingerprint density at radius 1 is 1.29 bits per heavy atom. The van der Waals surface area contributed by atoms with Gasteiger partial charge in [-0.05, 0) is 30.7 Å². The van der Waals surface area contributed by atoms with E-state index in [9.17, 15) is 4.79 Å². The number of rotatable bonds is 4. The number of hydrogen-bond donors (Lipinski definition) is 0. The molecule has 0 N–H and O–H groups in total. The monoisotopic (exact) mass is 321 g/mol. The number of aryl methyl sites for hydroxylation is 1. The minimum Gasteiger partial charge on any atom is -0.303 e. The molecule has 0 aliphatic heterocycles. The van der Waals surface area contributed by atoms with Crippen LogP contribution < -0.4 is 4.90 Å². The fourth-order valence-electron chi connectivity index (χ4n) is 1.77. The summed E-state index contributed by atoms with van der Waals surface area (Å²) in [5.41, 5.74) is 3.08. The molecule has 4 nitrogen and oxygen atoms in total. The molecule has 21 heavy (non-hydrogen) atoms. The predicted molar refractivity (Wildman–Crippen MR) is 84.9 cm³/mol. The molecule has 0 saturated heterocycles. The lowest BCUT2D eigenvalue weighted by atomic mass is 10.2. The van der Waals surface area contributed by atoms with Crippen LogP contribution in [0.25, 0.3) is 0 Å². The molecule has 0 spiro atoms.